The van der Waals surface area contributed by atoms with Gasteiger partial charge in [-0.3, -0.25) is 14.4 Å². The summed E-state index contributed by atoms with van der Waals surface area (Å²) in [6, 6.07) is 15.4. The van der Waals surface area contributed by atoms with Gasteiger partial charge in [-0.15, -0.1) is 0 Å². The molecule has 3 aliphatic heterocycles. The fraction of sp³-hybridized carbons (Fsp3) is 0.382. The molecule has 0 bridgehead atoms. The van der Waals surface area contributed by atoms with Crippen molar-refractivity contribution in [1.29, 1.82) is 0 Å². The number of aryl methyl sites for hydroxylation is 1. The fourth-order valence-electron chi connectivity index (χ4n) is 7.63. The van der Waals surface area contributed by atoms with Gasteiger partial charge < -0.3 is 15.5 Å². The zero-order valence-corrected chi connectivity index (χ0v) is 28.4. The minimum absolute atomic E-state index is 0.104. The summed E-state index contributed by atoms with van der Waals surface area (Å²) in [6.45, 7) is 3.89. The fourth-order valence-corrected chi connectivity index (χ4v) is 8.87. The number of halogens is 3. The highest BCUT2D eigenvalue weighted by Gasteiger charge is 2.64. The molecule has 3 aromatic carbocycles. The Hall–Kier alpha value is -3.51. The standard InChI is InChI=1S/C34H35Cl2FN4O5S/c1-19-7-9-25(37)17-26(19)31-34(27-10-8-24(36)16-29(27)39-33(34)44)28(22-5-4-6-23(35)15-22)18-30(42)41(31)20(2)38-32(43)21-11-13-40(14-12-21)47(3,45)46/h4-10,15-17,20-21,28,31H,11-14,18H2,1-3H3,(H,38,43)(H,39,44)/t20?,28-,31+,34-/m1/s1. The van der Waals surface area contributed by atoms with Gasteiger partial charge in [0.25, 0.3) is 0 Å². The quantitative estimate of drug-likeness (QED) is 0.351. The second kappa shape index (κ2) is 12.5. The molecule has 3 amide bonds. The molecule has 13 heteroatoms. The summed E-state index contributed by atoms with van der Waals surface area (Å²) < 4.78 is 40.5. The molecule has 2 fully saturated rings. The highest BCUT2D eigenvalue weighted by atomic mass is 35.5. The van der Waals surface area contributed by atoms with Gasteiger partial charge in [-0.05, 0) is 85.3 Å². The number of amides is 3. The second-order valence-electron chi connectivity index (χ2n) is 12.7. The highest BCUT2D eigenvalue weighted by Crippen LogP contribution is 2.60. The van der Waals surface area contributed by atoms with E-state index in [0.29, 0.717) is 50.8 Å². The molecular weight excluding hydrogens is 666 g/mol. The van der Waals surface area contributed by atoms with E-state index in [1.165, 1.54) is 21.3 Å². The van der Waals surface area contributed by atoms with Gasteiger partial charge in [0, 0.05) is 47.1 Å². The lowest BCUT2D eigenvalue weighted by molar-refractivity contribution is -0.150. The number of nitrogens with one attached hydrogen (secondary N) is 2. The third-order valence-corrected chi connectivity index (χ3v) is 11.6. The average Bonchev–Trinajstić information content (AvgIpc) is 3.29. The number of anilines is 1. The Morgan fingerprint density at radius 2 is 1.74 bits per heavy atom. The number of fused-ring (bicyclic) bond motifs is 2. The second-order valence-corrected chi connectivity index (χ2v) is 15.5. The van der Waals surface area contributed by atoms with Crippen LogP contribution in [-0.4, -0.2) is 60.9 Å². The van der Waals surface area contributed by atoms with Crippen LogP contribution in [0.5, 0.6) is 0 Å². The molecule has 2 N–H and O–H groups in total. The summed E-state index contributed by atoms with van der Waals surface area (Å²) >= 11 is 12.8. The van der Waals surface area contributed by atoms with Gasteiger partial charge in [-0.2, -0.15) is 0 Å². The van der Waals surface area contributed by atoms with Gasteiger partial charge >= 0.3 is 0 Å². The zero-order valence-electron chi connectivity index (χ0n) is 26.1. The van der Waals surface area contributed by atoms with Gasteiger partial charge in [-0.1, -0.05) is 47.5 Å². The van der Waals surface area contributed by atoms with Crippen LogP contribution in [0.15, 0.2) is 60.7 Å². The summed E-state index contributed by atoms with van der Waals surface area (Å²) in [5.74, 6) is -2.80. The van der Waals surface area contributed by atoms with E-state index in [2.05, 4.69) is 10.6 Å². The SMILES string of the molecule is Cc1ccc(F)cc1[C@@H]1N(C(C)NC(=O)C2CCN(S(C)(=O)=O)CC2)C(=O)C[C@H](c2cccc(Cl)c2)[C@@]12C(=O)Nc1cc(Cl)ccc12. The van der Waals surface area contributed by atoms with Crippen molar-refractivity contribution in [2.45, 2.75) is 56.7 Å². The number of carbonyl (C=O) groups is 3. The maximum Gasteiger partial charge on any atom is 0.238 e. The summed E-state index contributed by atoms with van der Waals surface area (Å²) in [4.78, 5) is 44.2. The van der Waals surface area contributed by atoms with E-state index in [1.807, 2.05) is 6.07 Å². The Labute approximate surface area is 283 Å². The van der Waals surface area contributed by atoms with Crippen LogP contribution in [0.3, 0.4) is 0 Å². The summed E-state index contributed by atoms with van der Waals surface area (Å²) in [5, 5.41) is 6.83. The van der Waals surface area contributed by atoms with Crippen LogP contribution in [0.4, 0.5) is 10.1 Å². The first-order chi connectivity index (χ1) is 22.2. The first-order valence-corrected chi connectivity index (χ1v) is 18.0. The molecule has 3 aliphatic rings. The smallest absolute Gasteiger partial charge is 0.238 e. The number of rotatable bonds is 6. The maximum absolute atomic E-state index is 15.1. The van der Waals surface area contributed by atoms with Crippen molar-refractivity contribution in [1.82, 2.24) is 14.5 Å². The van der Waals surface area contributed by atoms with Gasteiger partial charge in [0.15, 0.2) is 0 Å². The van der Waals surface area contributed by atoms with Crippen molar-refractivity contribution < 1.29 is 27.2 Å². The van der Waals surface area contributed by atoms with Crippen LogP contribution in [-0.2, 0) is 29.8 Å². The molecule has 1 spiro atoms. The van der Waals surface area contributed by atoms with Crippen molar-refractivity contribution in [3.8, 4) is 0 Å². The van der Waals surface area contributed by atoms with Crippen molar-refractivity contribution >= 4 is 56.6 Å². The molecule has 9 nitrogen and oxygen atoms in total. The molecule has 0 radical (unpaired) electrons. The molecule has 0 aliphatic carbocycles. The minimum Gasteiger partial charge on any atom is -0.336 e. The van der Waals surface area contributed by atoms with Crippen LogP contribution in [0.1, 0.15) is 60.4 Å². The normalized spacial score (nSPS) is 24.3. The monoisotopic (exact) mass is 700 g/mol. The lowest BCUT2D eigenvalue weighted by Gasteiger charge is -2.53. The Bertz CT molecular complexity index is 1880. The van der Waals surface area contributed by atoms with Crippen molar-refractivity contribution in [2.24, 2.45) is 5.92 Å². The molecule has 2 saturated heterocycles. The Kier molecular flexibility index (Phi) is 8.88. The molecule has 3 heterocycles. The molecule has 4 atom stereocenters. The molecular formula is C34H35Cl2FN4O5S. The van der Waals surface area contributed by atoms with Crippen molar-refractivity contribution in [3.63, 3.8) is 0 Å². The van der Waals surface area contributed by atoms with E-state index in [4.69, 9.17) is 23.2 Å². The van der Waals surface area contributed by atoms with E-state index in [-0.39, 0.29) is 31.3 Å². The van der Waals surface area contributed by atoms with E-state index >= 15 is 4.39 Å². The Morgan fingerprint density at radius 3 is 2.43 bits per heavy atom. The minimum atomic E-state index is -3.38. The topological polar surface area (TPSA) is 116 Å². The van der Waals surface area contributed by atoms with Crippen LogP contribution in [0.2, 0.25) is 10.0 Å². The number of sulfonamides is 1. The van der Waals surface area contributed by atoms with Crippen LogP contribution < -0.4 is 10.6 Å². The molecule has 3 aromatic rings. The van der Waals surface area contributed by atoms with E-state index in [0.717, 1.165) is 6.26 Å². The Morgan fingerprint density at radius 1 is 1.04 bits per heavy atom. The third kappa shape index (κ3) is 5.92. The van der Waals surface area contributed by atoms with E-state index < -0.39 is 51.2 Å². The largest absolute Gasteiger partial charge is 0.336 e. The maximum atomic E-state index is 15.1. The molecule has 6 rings (SSSR count). The van der Waals surface area contributed by atoms with Gasteiger partial charge in [0.05, 0.1) is 12.3 Å². The average molecular weight is 702 g/mol. The number of nitrogens with zero attached hydrogens (tertiary/aromatic N) is 2. The first-order valence-electron chi connectivity index (χ1n) is 15.4. The zero-order chi connectivity index (χ0) is 33.8. The Balaban J connectivity index is 1.49. The van der Waals surface area contributed by atoms with E-state index in [9.17, 15) is 22.8 Å². The number of likely N-dealkylation sites (tertiary alicyclic amines) is 1. The highest BCUT2D eigenvalue weighted by molar-refractivity contribution is 7.88. The predicted molar refractivity (Wildman–Crippen MR) is 178 cm³/mol. The first kappa shape index (κ1) is 33.4. The van der Waals surface area contributed by atoms with Crippen LogP contribution in [0, 0.1) is 18.7 Å². The van der Waals surface area contributed by atoms with Crippen LogP contribution in [0.25, 0.3) is 0 Å². The molecule has 47 heavy (non-hydrogen) atoms. The number of piperidine rings is 2. The summed E-state index contributed by atoms with van der Waals surface area (Å²) in [5.41, 5.74) is 1.34. The molecule has 0 saturated carbocycles. The predicted octanol–water partition coefficient (Wildman–Crippen LogP) is 5.52. The summed E-state index contributed by atoms with van der Waals surface area (Å²) in [6.07, 6.45) is 0.765. The summed E-state index contributed by atoms with van der Waals surface area (Å²) in [7, 11) is -3.38. The number of carbonyl (C=O) groups excluding carboxylic acids is 3. The number of benzene rings is 3. The van der Waals surface area contributed by atoms with Gasteiger partial charge in [-0.25, -0.2) is 17.1 Å². The number of hydrogen-bond donors (Lipinski definition) is 2. The van der Waals surface area contributed by atoms with Crippen molar-refractivity contribution in [2.75, 3.05) is 24.7 Å². The van der Waals surface area contributed by atoms with Gasteiger partial charge in [0.1, 0.15) is 17.4 Å². The molecule has 248 valence electrons. The lowest BCUT2D eigenvalue weighted by Crippen LogP contribution is -2.63. The third-order valence-electron chi connectivity index (χ3n) is 9.83. The van der Waals surface area contributed by atoms with Gasteiger partial charge in [0.2, 0.25) is 27.7 Å². The lowest BCUT2D eigenvalue weighted by atomic mass is 9.58. The van der Waals surface area contributed by atoms with E-state index in [1.54, 1.807) is 56.3 Å². The molecule has 1 unspecified atom stereocenters. The number of hydrogen-bond acceptors (Lipinski definition) is 5. The van der Waals surface area contributed by atoms with Crippen molar-refractivity contribution in [3.05, 3.63) is 98.8 Å². The molecule has 0 aromatic heterocycles. The van der Waals surface area contributed by atoms with Crippen LogP contribution >= 0.6 is 23.2 Å².